The molecule has 4 rings (SSSR count). The molecule has 0 aliphatic carbocycles. The van der Waals surface area contributed by atoms with Crippen LogP contribution in [0.4, 0.5) is 0 Å². The molecule has 0 radical (unpaired) electrons. The molecule has 4 aromatic rings. The molecule has 3 heterocycles. The van der Waals surface area contributed by atoms with Gasteiger partial charge in [-0.15, -0.1) is 11.3 Å². The molecule has 1 N–H and O–H groups in total. The molecule has 3 aromatic heterocycles. The standard InChI is InChI=1S/C20H21N5O2S/c1-11(2)25(10-17-21-15-8-6-5-7-13(15)18(26)22-17)19(27)16-9-14-12(3)23-24(4)20(14)28-16/h5-9,11H,10H2,1-4H3,(H,21,22,26). The van der Waals surface area contributed by atoms with Crippen LogP contribution >= 0.6 is 11.3 Å². The lowest BCUT2D eigenvalue weighted by Gasteiger charge is -2.25. The molecule has 28 heavy (non-hydrogen) atoms. The predicted octanol–water partition coefficient (Wildman–Crippen LogP) is 3.23. The van der Waals surface area contributed by atoms with Crippen molar-refractivity contribution in [3.05, 3.63) is 57.1 Å². The molecule has 0 saturated carbocycles. The van der Waals surface area contributed by atoms with E-state index in [1.807, 2.05) is 40.0 Å². The van der Waals surface area contributed by atoms with Crippen LogP contribution in [0.2, 0.25) is 0 Å². The monoisotopic (exact) mass is 395 g/mol. The van der Waals surface area contributed by atoms with Gasteiger partial charge in [0.05, 0.1) is 28.0 Å². The number of fused-ring (bicyclic) bond motifs is 2. The van der Waals surface area contributed by atoms with Crippen LogP contribution in [0.1, 0.15) is 35.0 Å². The summed E-state index contributed by atoms with van der Waals surface area (Å²) in [6.45, 7) is 6.09. The largest absolute Gasteiger partial charge is 0.328 e. The Labute approximate surface area is 165 Å². The highest BCUT2D eigenvalue weighted by atomic mass is 32.1. The topological polar surface area (TPSA) is 83.9 Å². The first-order chi connectivity index (χ1) is 13.3. The predicted molar refractivity (Wildman–Crippen MR) is 111 cm³/mol. The molecule has 1 amide bonds. The Morgan fingerprint density at radius 2 is 2.04 bits per heavy atom. The van der Waals surface area contributed by atoms with E-state index in [0.29, 0.717) is 21.6 Å². The second-order valence-electron chi connectivity index (χ2n) is 7.10. The average molecular weight is 395 g/mol. The number of nitrogens with one attached hydrogen (secondary N) is 1. The molecule has 0 aliphatic rings. The van der Waals surface area contributed by atoms with E-state index in [2.05, 4.69) is 15.1 Å². The van der Waals surface area contributed by atoms with Crippen LogP contribution in [-0.4, -0.2) is 36.6 Å². The maximum absolute atomic E-state index is 13.2. The summed E-state index contributed by atoms with van der Waals surface area (Å²) in [4.78, 5) is 36.3. The molecule has 0 saturated heterocycles. The van der Waals surface area contributed by atoms with Crippen LogP contribution in [0.3, 0.4) is 0 Å². The van der Waals surface area contributed by atoms with Crippen LogP contribution in [0.15, 0.2) is 35.1 Å². The Bertz CT molecular complexity index is 1220. The molecular weight excluding hydrogens is 374 g/mol. The summed E-state index contributed by atoms with van der Waals surface area (Å²) in [7, 11) is 1.88. The normalized spacial score (nSPS) is 11.6. The van der Waals surface area contributed by atoms with Gasteiger partial charge in [0.2, 0.25) is 0 Å². The zero-order chi connectivity index (χ0) is 20.0. The van der Waals surface area contributed by atoms with E-state index in [9.17, 15) is 9.59 Å². The number of amides is 1. The van der Waals surface area contributed by atoms with Gasteiger partial charge < -0.3 is 9.88 Å². The van der Waals surface area contributed by atoms with Crippen molar-refractivity contribution in [1.82, 2.24) is 24.6 Å². The van der Waals surface area contributed by atoms with Crippen LogP contribution in [0.25, 0.3) is 21.1 Å². The van der Waals surface area contributed by atoms with Crippen molar-refractivity contribution in [3.8, 4) is 0 Å². The van der Waals surface area contributed by atoms with Gasteiger partial charge in [0.1, 0.15) is 10.7 Å². The van der Waals surface area contributed by atoms with Gasteiger partial charge in [-0.1, -0.05) is 12.1 Å². The SMILES string of the molecule is Cc1nn(C)c2sc(C(=O)N(Cc3nc4ccccc4c(=O)[nH]3)C(C)C)cc12. The number of hydrogen-bond donors (Lipinski definition) is 1. The second-order valence-corrected chi connectivity index (χ2v) is 8.13. The minimum atomic E-state index is -0.194. The van der Waals surface area contributed by atoms with E-state index in [1.165, 1.54) is 11.3 Å². The number of aromatic nitrogens is 4. The first kappa shape index (κ1) is 18.4. The molecule has 0 spiro atoms. The summed E-state index contributed by atoms with van der Waals surface area (Å²) < 4.78 is 1.80. The summed E-state index contributed by atoms with van der Waals surface area (Å²) in [6, 6.07) is 9.05. The van der Waals surface area contributed by atoms with E-state index in [1.54, 1.807) is 27.8 Å². The fraction of sp³-hybridized carbons (Fsp3) is 0.300. The summed E-state index contributed by atoms with van der Waals surface area (Å²) in [5.74, 6) is 0.399. The first-order valence-electron chi connectivity index (χ1n) is 9.07. The molecule has 8 heteroatoms. The summed E-state index contributed by atoms with van der Waals surface area (Å²) in [5.41, 5.74) is 1.34. The van der Waals surface area contributed by atoms with Gasteiger partial charge in [-0.05, 0) is 39.0 Å². The lowest BCUT2D eigenvalue weighted by molar-refractivity contribution is 0.0690. The molecule has 0 aliphatic heterocycles. The molecule has 0 unspecified atom stereocenters. The quantitative estimate of drug-likeness (QED) is 0.575. The van der Waals surface area contributed by atoms with E-state index in [-0.39, 0.29) is 24.1 Å². The van der Waals surface area contributed by atoms with Crippen molar-refractivity contribution < 1.29 is 4.79 Å². The van der Waals surface area contributed by atoms with Crippen LogP contribution < -0.4 is 5.56 Å². The van der Waals surface area contributed by atoms with E-state index < -0.39 is 0 Å². The van der Waals surface area contributed by atoms with E-state index >= 15 is 0 Å². The highest BCUT2D eigenvalue weighted by Gasteiger charge is 2.23. The maximum Gasteiger partial charge on any atom is 0.264 e. The zero-order valence-corrected chi connectivity index (χ0v) is 17.0. The fourth-order valence-electron chi connectivity index (χ4n) is 3.31. The minimum absolute atomic E-state index is 0.0475. The van der Waals surface area contributed by atoms with Gasteiger partial charge in [0.15, 0.2) is 0 Å². The Kier molecular flexibility index (Phi) is 4.50. The molecular formula is C20H21N5O2S. The van der Waals surface area contributed by atoms with Gasteiger partial charge in [-0.3, -0.25) is 14.3 Å². The number of carbonyl (C=O) groups excluding carboxylic acids is 1. The number of thiophene rings is 1. The van der Waals surface area contributed by atoms with Crippen molar-refractivity contribution in [2.24, 2.45) is 7.05 Å². The van der Waals surface area contributed by atoms with E-state index in [0.717, 1.165) is 15.9 Å². The van der Waals surface area contributed by atoms with Crippen molar-refractivity contribution >= 4 is 38.4 Å². The van der Waals surface area contributed by atoms with Gasteiger partial charge in [-0.2, -0.15) is 5.10 Å². The molecule has 0 atom stereocenters. The first-order valence-corrected chi connectivity index (χ1v) is 9.89. The van der Waals surface area contributed by atoms with Gasteiger partial charge in [-0.25, -0.2) is 4.98 Å². The summed E-state index contributed by atoms with van der Waals surface area (Å²) in [6.07, 6.45) is 0. The number of hydrogen-bond acceptors (Lipinski definition) is 5. The Balaban J connectivity index is 1.69. The van der Waals surface area contributed by atoms with Gasteiger partial charge in [0.25, 0.3) is 11.5 Å². The Hall–Kier alpha value is -3.00. The third kappa shape index (κ3) is 3.09. The Morgan fingerprint density at radius 3 is 2.75 bits per heavy atom. The van der Waals surface area contributed by atoms with Gasteiger partial charge in [0, 0.05) is 18.5 Å². The number of H-pyrrole nitrogens is 1. The Morgan fingerprint density at radius 1 is 1.29 bits per heavy atom. The number of para-hydroxylation sites is 1. The highest BCUT2D eigenvalue weighted by molar-refractivity contribution is 7.20. The molecule has 0 fully saturated rings. The third-order valence-electron chi connectivity index (χ3n) is 4.77. The van der Waals surface area contributed by atoms with Crippen molar-refractivity contribution in [1.29, 1.82) is 0 Å². The number of rotatable bonds is 4. The number of nitrogens with zero attached hydrogens (tertiary/aromatic N) is 4. The molecule has 1 aromatic carbocycles. The lowest BCUT2D eigenvalue weighted by atomic mass is 10.2. The molecule has 0 bridgehead atoms. The third-order valence-corrected chi connectivity index (χ3v) is 5.96. The fourth-order valence-corrected chi connectivity index (χ4v) is 4.39. The van der Waals surface area contributed by atoms with Crippen LogP contribution in [-0.2, 0) is 13.6 Å². The summed E-state index contributed by atoms with van der Waals surface area (Å²) >= 11 is 1.43. The number of carbonyl (C=O) groups is 1. The highest BCUT2D eigenvalue weighted by Crippen LogP contribution is 2.29. The lowest BCUT2D eigenvalue weighted by Crippen LogP contribution is -2.37. The van der Waals surface area contributed by atoms with Gasteiger partial charge >= 0.3 is 0 Å². The van der Waals surface area contributed by atoms with Crippen LogP contribution in [0.5, 0.6) is 0 Å². The van der Waals surface area contributed by atoms with Crippen molar-refractivity contribution in [2.75, 3.05) is 0 Å². The number of aromatic amines is 1. The molecule has 144 valence electrons. The zero-order valence-electron chi connectivity index (χ0n) is 16.2. The van der Waals surface area contributed by atoms with Crippen LogP contribution in [0, 0.1) is 6.92 Å². The summed E-state index contributed by atoms with van der Waals surface area (Å²) in [5, 5.41) is 5.93. The second kappa shape index (κ2) is 6.87. The van der Waals surface area contributed by atoms with Crippen molar-refractivity contribution in [2.45, 2.75) is 33.4 Å². The maximum atomic E-state index is 13.2. The smallest absolute Gasteiger partial charge is 0.264 e. The number of aryl methyl sites for hydroxylation is 2. The average Bonchev–Trinajstić information content (AvgIpc) is 3.21. The molecule has 7 nitrogen and oxygen atoms in total. The van der Waals surface area contributed by atoms with Crippen molar-refractivity contribution in [3.63, 3.8) is 0 Å². The number of benzene rings is 1. The minimum Gasteiger partial charge on any atom is -0.328 e. The van der Waals surface area contributed by atoms with E-state index in [4.69, 9.17) is 0 Å².